The van der Waals surface area contributed by atoms with Crippen LogP contribution in [0.1, 0.15) is 66.4 Å². The van der Waals surface area contributed by atoms with Crippen LogP contribution in [0.15, 0.2) is 61.7 Å². The largest absolute Gasteiger partial charge is 0.490 e. The maximum atomic E-state index is 13.1. The van der Waals surface area contributed by atoms with Crippen molar-refractivity contribution < 1.29 is 17.9 Å². The van der Waals surface area contributed by atoms with E-state index in [1.54, 1.807) is 18.2 Å². The summed E-state index contributed by atoms with van der Waals surface area (Å²) >= 11 is 6.36. The number of ether oxygens (including phenoxy) is 1. The van der Waals surface area contributed by atoms with E-state index in [0.717, 1.165) is 68.1 Å². The lowest BCUT2D eigenvalue weighted by Gasteiger charge is -2.44. The number of benzene rings is 2. The Labute approximate surface area is 243 Å². The lowest BCUT2D eigenvalue weighted by Crippen LogP contribution is -2.48. The van der Waals surface area contributed by atoms with Gasteiger partial charge >= 0.3 is 0 Å². The molecule has 40 heavy (non-hydrogen) atoms. The molecule has 1 heterocycles. The molecule has 8 heteroatoms. The van der Waals surface area contributed by atoms with E-state index >= 15 is 0 Å². The number of carbonyl (C=O) groups excluding carboxylic acids is 1. The van der Waals surface area contributed by atoms with E-state index in [9.17, 15) is 13.2 Å². The third kappa shape index (κ3) is 6.10. The number of hydrogen-bond donors (Lipinski definition) is 1. The average Bonchev–Trinajstić information content (AvgIpc) is 3.06. The highest BCUT2D eigenvalue weighted by Gasteiger charge is 2.43. The van der Waals surface area contributed by atoms with E-state index in [1.807, 2.05) is 12.1 Å². The molecule has 1 fully saturated rings. The number of hydrogen-bond acceptors (Lipinski definition) is 5. The number of rotatable bonds is 10. The predicted molar refractivity (Wildman–Crippen MR) is 162 cm³/mol. The Kier molecular flexibility index (Phi) is 8.62. The first-order chi connectivity index (χ1) is 19.2. The van der Waals surface area contributed by atoms with Gasteiger partial charge in [0, 0.05) is 29.1 Å². The van der Waals surface area contributed by atoms with Crippen LogP contribution in [-0.4, -0.2) is 39.8 Å². The fourth-order valence-electron chi connectivity index (χ4n) is 6.50. The van der Waals surface area contributed by atoms with E-state index in [4.69, 9.17) is 16.3 Å². The highest BCUT2D eigenvalue weighted by molar-refractivity contribution is 7.90. The molecule has 2 aromatic rings. The zero-order valence-electron chi connectivity index (χ0n) is 23.0. The first-order valence-electron chi connectivity index (χ1n) is 14.3. The number of halogens is 1. The molecule has 0 unspecified atom stereocenters. The Morgan fingerprint density at radius 1 is 1.18 bits per heavy atom. The summed E-state index contributed by atoms with van der Waals surface area (Å²) in [6.07, 6.45) is 11.1. The van der Waals surface area contributed by atoms with Crippen molar-refractivity contribution in [2.75, 3.05) is 30.3 Å². The maximum Gasteiger partial charge on any atom is 0.264 e. The van der Waals surface area contributed by atoms with E-state index in [0.29, 0.717) is 36.8 Å². The highest BCUT2D eigenvalue weighted by atomic mass is 35.5. The van der Waals surface area contributed by atoms with Gasteiger partial charge in [-0.3, -0.25) is 4.79 Å². The Balaban J connectivity index is 1.44. The molecule has 6 nitrogen and oxygen atoms in total. The van der Waals surface area contributed by atoms with Crippen LogP contribution >= 0.6 is 11.6 Å². The fraction of sp³-hybridized carbons (Fsp3) is 0.469. The number of nitrogens with one attached hydrogen (secondary N) is 1. The highest BCUT2D eigenvalue weighted by Crippen LogP contribution is 2.46. The van der Waals surface area contributed by atoms with E-state index in [-0.39, 0.29) is 11.2 Å². The molecular formula is C32H39ClN2O4S. The fourth-order valence-corrected chi connectivity index (χ4v) is 7.78. The zero-order chi connectivity index (χ0) is 28.3. The van der Waals surface area contributed by atoms with Gasteiger partial charge in [-0.15, -0.1) is 13.2 Å². The summed E-state index contributed by atoms with van der Waals surface area (Å²) in [5.41, 5.74) is 3.50. The topological polar surface area (TPSA) is 75.7 Å². The Morgan fingerprint density at radius 3 is 2.77 bits per heavy atom. The minimum atomic E-state index is -3.74. The molecule has 1 N–H and O–H groups in total. The molecule has 0 bridgehead atoms. The van der Waals surface area contributed by atoms with Crippen molar-refractivity contribution in [3.05, 3.63) is 83.4 Å². The quantitative estimate of drug-likeness (QED) is 0.258. The van der Waals surface area contributed by atoms with Crippen molar-refractivity contribution in [3.8, 4) is 5.75 Å². The molecule has 2 aliphatic carbocycles. The van der Waals surface area contributed by atoms with E-state index < -0.39 is 15.9 Å². The SMILES string of the molecule is C=CCCCCS(=O)(=O)NC(=O)c1ccc2c(c1)N(C[C@@H]1CC[C@H]1C=C)C[C@@]1(CCCc3cc(Cl)ccc31)CO2. The Bertz CT molecular complexity index is 1390. The predicted octanol–water partition coefficient (Wildman–Crippen LogP) is 6.44. The third-order valence-corrected chi connectivity index (χ3v) is 10.4. The van der Waals surface area contributed by atoms with Crippen LogP contribution < -0.4 is 14.4 Å². The normalized spacial score (nSPS) is 23.7. The molecule has 0 aromatic heterocycles. The first-order valence-corrected chi connectivity index (χ1v) is 16.4. The smallest absolute Gasteiger partial charge is 0.264 e. The second-order valence-corrected chi connectivity index (χ2v) is 13.8. The van der Waals surface area contributed by atoms with Crippen molar-refractivity contribution in [2.24, 2.45) is 11.8 Å². The summed E-state index contributed by atoms with van der Waals surface area (Å²) in [5.74, 6) is 0.955. The molecule has 1 spiro atoms. The lowest BCUT2D eigenvalue weighted by atomic mass is 9.69. The second kappa shape index (κ2) is 12.0. The van der Waals surface area contributed by atoms with E-state index in [2.05, 4.69) is 41.0 Å². The minimum Gasteiger partial charge on any atom is -0.490 e. The maximum absolute atomic E-state index is 13.1. The van der Waals surface area contributed by atoms with Crippen LogP contribution in [0.2, 0.25) is 5.02 Å². The summed E-state index contributed by atoms with van der Waals surface area (Å²) in [5, 5.41) is 0.750. The summed E-state index contributed by atoms with van der Waals surface area (Å²) < 4.78 is 33.9. The Morgan fingerprint density at radius 2 is 2.02 bits per heavy atom. The van der Waals surface area contributed by atoms with Crippen LogP contribution in [0, 0.1) is 11.8 Å². The number of aryl methyl sites for hydroxylation is 1. The molecule has 0 saturated heterocycles. The van der Waals surface area contributed by atoms with Crippen molar-refractivity contribution in [2.45, 2.75) is 56.8 Å². The van der Waals surface area contributed by atoms with Crippen LogP contribution in [0.5, 0.6) is 5.75 Å². The number of nitrogens with zero attached hydrogens (tertiary/aromatic N) is 1. The van der Waals surface area contributed by atoms with Gasteiger partial charge in [-0.25, -0.2) is 13.1 Å². The number of unbranched alkanes of at least 4 members (excludes halogenated alkanes) is 2. The molecule has 0 radical (unpaired) electrons. The number of allylic oxidation sites excluding steroid dienone is 2. The number of fused-ring (bicyclic) bond motifs is 3. The van der Waals surface area contributed by atoms with Crippen LogP contribution in [-0.2, 0) is 21.9 Å². The van der Waals surface area contributed by atoms with Gasteiger partial charge in [-0.1, -0.05) is 29.8 Å². The third-order valence-electron chi connectivity index (χ3n) is 8.85. The van der Waals surface area contributed by atoms with Gasteiger partial charge in [0.15, 0.2) is 0 Å². The number of carbonyl (C=O) groups is 1. The van der Waals surface area contributed by atoms with Gasteiger partial charge in [-0.2, -0.15) is 0 Å². The van der Waals surface area contributed by atoms with Crippen LogP contribution in [0.25, 0.3) is 0 Å². The molecule has 214 valence electrons. The van der Waals surface area contributed by atoms with Gasteiger partial charge < -0.3 is 9.64 Å². The number of amides is 1. The van der Waals surface area contributed by atoms with Crippen LogP contribution in [0.4, 0.5) is 5.69 Å². The monoisotopic (exact) mass is 582 g/mol. The Hall–Kier alpha value is -2.77. The molecule has 1 amide bonds. The van der Waals surface area contributed by atoms with Gasteiger partial charge in [-0.05, 0) is 105 Å². The van der Waals surface area contributed by atoms with Gasteiger partial charge in [0.05, 0.1) is 18.0 Å². The number of sulfonamides is 1. The summed E-state index contributed by atoms with van der Waals surface area (Å²) in [6.45, 7) is 9.82. The van der Waals surface area contributed by atoms with Crippen molar-refractivity contribution in [1.82, 2.24) is 4.72 Å². The van der Waals surface area contributed by atoms with Crippen molar-refractivity contribution in [1.29, 1.82) is 0 Å². The standard InChI is InChI=1S/C32H39ClN2O4S/c1-3-5-6-7-17-40(37,38)34-31(36)25-12-15-30-29(19-25)35(20-26-11-10-23(26)4-2)21-32(22-39-30)16-8-9-24-18-27(33)13-14-28(24)32/h3-4,12-15,18-19,23,26H,1-2,5-11,16-17,20-22H2,(H,34,36)/t23-,26+,32+/m1/s1. The van der Waals surface area contributed by atoms with E-state index in [1.165, 1.54) is 11.1 Å². The van der Waals surface area contributed by atoms with Crippen molar-refractivity contribution >= 4 is 33.2 Å². The average molecular weight is 583 g/mol. The van der Waals surface area contributed by atoms with Crippen LogP contribution in [0.3, 0.4) is 0 Å². The summed E-state index contributed by atoms with van der Waals surface area (Å²) in [4.78, 5) is 15.5. The van der Waals surface area contributed by atoms with Gasteiger partial charge in [0.2, 0.25) is 10.0 Å². The van der Waals surface area contributed by atoms with Crippen molar-refractivity contribution in [3.63, 3.8) is 0 Å². The summed E-state index contributed by atoms with van der Waals surface area (Å²) in [6, 6.07) is 11.5. The molecule has 3 aliphatic rings. The van der Waals surface area contributed by atoms with Gasteiger partial charge in [0.1, 0.15) is 5.75 Å². The molecule has 3 atom stereocenters. The first kappa shape index (κ1) is 28.7. The molecule has 1 aliphatic heterocycles. The molecule has 5 rings (SSSR count). The second-order valence-electron chi connectivity index (χ2n) is 11.6. The van der Waals surface area contributed by atoms with Gasteiger partial charge in [0.25, 0.3) is 5.91 Å². The lowest BCUT2D eigenvalue weighted by molar-refractivity contribution is 0.0981. The molecular weight excluding hydrogens is 544 g/mol. The number of anilines is 1. The molecule has 1 saturated carbocycles. The summed E-state index contributed by atoms with van der Waals surface area (Å²) in [7, 11) is -3.74. The minimum absolute atomic E-state index is 0.0939. The zero-order valence-corrected chi connectivity index (χ0v) is 24.6. The molecule has 2 aromatic carbocycles.